The second-order valence-corrected chi connectivity index (χ2v) is 6.05. The van der Waals surface area contributed by atoms with Gasteiger partial charge in [0.05, 0.1) is 0 Å². The fourth-order valence-electron chi connectivity index (χ4n) is 2.93. The Morgan fingerprint density at radius 3 is 2.75 bits per heavy atom. The summed E-state index contributed by atoms with van der Waals surface area (Å²) >= 11 is 0. The van der Waals surface area contributed by atoms with Crippen molar-refractivity contribution in [1.29, 1.82) is 0 Å². The van der Waals surface area contributed by atoms with E-state index in [1.165, 1.54) is 19.3 Å². The van der Waals surface area contributed by atoms with Crippen LogP contribution in [-0.4, -0.2) is 18.5 Å². The molecule has 2 N–H and O–H groups in total. The zero-order chi connectivity index (χ0) is 14.5. The van der Waals surface area contributed by atoms with E-state index in [0.717, 1.165) is 23.1 Å². The van der Waals surface area contributed by atoms with Crippen molar-refractivity contribution in [1.82, 2.24) is 5.32 Å². The Kier molecular flexibility index (Phi) is 5.05. The first-order valence-corrected chi connectivity index (χ1v) is 7.75. The Bertz CT molecular complexity index is 458. The first kappa shape index (κ1) is 14.9. The van der Waals surface area contributed by atoms with Crippen LogP contribution >= 0.6 is 0 Å². The fourth-order valence-corrected chi connectivity index (χ4v) is 2.93. The maximum Gasteiger partial charge on any atom is 0.251 e. The molecule has 1 amide bonds. The van der Waals surface area contributed by atoms with Gasteiger partial charge in [-0.05, 0) is 56.2 Å². The van der Waals surface area contributed by atoms with E-state index in [9.17, 15) is 4.79 Å². The van der Waals surface area contributed by atoms with E-state index in [-0.39, 0.29) is 5.91 Å². The Balaban J connectivity index is 1.99. The molecule has 1 aliphatic rings. The first-order chi connectivity index (χ1) is 9.60. The number of carbonyl (C=O) groups excluding carboxylic acids is 1. The number of nitrogens with one attached hydrogen (secondary N) is 2. The highest BCUT2D eigenvalue weighted by molar-refractivity contribution is 5.95. The predicted octanol–water partition coefficient (Wildman–Crippen LogP) is 3.67. The Labute approximate surface area is 122 Å². The summed E-state index contributed by atoms with van der Waals surface area (Å²) in [7, 11) is 0. The highest BCUT2D eigenvalue weighted by Gasteiger charge is 2.24. The van der Waals surface area contributed by atoms with Gasteiger partial charge >= 0.3 is 0 Å². The zero-order valence-electron chi connectivity index (χ0n) is 12.8. The van der Waals surface area contributed by atoms with E-state index < -0.39 is 0 Å². The van der Waals surface area contributed by atoms with Gasteiger partial charge in [-0.15, -0.1) is 0 Å². The topological polar surface area (TPSA) is 41.1 Å². The lowest BCUT2D eigenvalue weighted by atomic mass is 9.79. The van der Waals surface area contributed by atoms with Crippen LogP contribution in [0.4, 0.5) is 5.69 Å². The van der Waals surface area contributed by atoms with Crippen LogP contribution in [0.15, 0.2) is 24.3 Å². The third kappa shape index (κ3) is 3.75. The summed E-state index contributed by atoms with van der Waals surface area (Å²) in [6, 6.07) is 8.34. The quantitative estimate of drug-likeness (QED) is 0.879. The van der Waals surface area contributed by atoms with Gasteiger partial charge in [-0.2, -0.15) is 0 Å². The number of rotatable bonds is 4. The molecule has 0 spiro atoms. The van der Waals surface area contributed by atoms with Gasteiger partial charge in [0, 0.05) is 23.8 Å². The molecule has 110 valence electrons. The number of hydrogen-bond acceptors (Lipinski definition) is 2. The highest BCUT2D eigenvalue weighted by Crippen LogP contribution is 2.31. The second-order valence-electron chi connectivity index (χ2n) is 6.05. The Hall–Kier alpha value is -1.51. The van der Waals surface area contributed by atoms with Crippen LogP contribution in [0.1, 0.15) is 50.4 Å². The minimum absolute atomic E-state index is 0.00165. The second kappa shape index (κ2) is 6.78. The molecule has 0 radical (unpaired) electrons. The van der Waals surface area contributed by atoms with Gasteiger partial charge in [0.25, 0.3) is 5.91 Å². The first-order valence-electron chi connectivity index (χ1n) is 7.75. The van der Waals surface area contributed by atoms with E-state index in [1.807, 2.05) is 31.2 Å². The van der Waals surface area contributed by atoms with Crippen LogP contribution in [-0.2, 0) is 0 Å². The van der Waals surface area contributed by atoms with Crippen LogP contribution in [0.5, 0.6) is 0 Å². The molecule has 1 aromatic carbocycles. The number of anilines is 1. The number of benzene rings is 1. The molecule has 0 aromatic heterocycles. The van der Waals surface area contributed by atoms with Gasteiger partial charge in [0.1, 0.15) is 0 Å². The van der Waals surface area contributed by atoms with Gasteiger partial charge < -0.3 is 10.6 Å². The molecule has 3 atom stereocenters. The van der Waals surface area contributed by atoms with Crippen molar-refractivity contribution in [3.63, 3.8) is 0 Å². The molecule has 0 saturated heterocycles. The number of hydrogen-bond donors (Lipinski definition) is 2. The van der Waals surface area contributed by atoms with Crippen LogP contribution in [0.3, 0.4) is 0 Å². The third-order valence-electron chi connectivity index (χ3n) is 4.43. The van der Waals surface area contributed by atoms with Crippen molar-refractivity contribution in [3.8, 4) is 0 Å². The molecule has 3 nitrogen and oxygen atoms in total. The highest BCUT2D eigenvalue weighted by atomic mass is 16.1. The van der Waals surface area contributed by atoms with E-state index in [1.54, 1.807) is 0 Å². The standard InChI is InChI=1S/C17H26N2O/c1-4-18-17(20)14-6-5-7-15(11-14)19-16-9-8-12(2)13(3)10-16/h5-7,11-13,16,19H,4,8-10H2,1-3H3,(H,18,20). The molecular weight excluding hydrogens is 248 g/mol. The van der Waals surface area contributed by atoms with Crippen molar-refractivity contribution >= 4 is 11.6 Å². The monoisotopic (exact) mass is 274 g/mol. The molecule has 0 heterocycles. The minimum Gasteiger partial charge on any atom is -0.382 e. The van der Waals surface area contributed by atoms with Crippen molar-refractivity contribution in [2.24, 2.45) is 11.8 Å². The van der Waals surface area contributed by atoms with Gasteiger partial charge in [-0.1, -0.05) is 19.9 Å². The summed E-state index contributed by atoms with van der Waals surface area (Å²) in [6.07, 6.45) is 3.72. The average Bonchev–Trinajstić information content (AvgIpc) is 2.43. The lowest BCUT2D eigenvalue weighted by Gasteiger charge is -2.33. The van der Waals surface area contributed by atoms with Gasteiger partial charge in [0.15, 0.2) is 0 Å². The van der Waals surface area contributed by atoms with Crippen LogP contribution in [0, 0.1) is 11.8 Å². The van der Waals surface area contributed by atoms with E-state index in [0.29, 0.717) is 12.6 Å². The molecular formula is C17H26N2O. The number of amides is 1. The summed E-state index contributed by atoms with van der Waals surface area (Å²) in [5, 5.41) is 6.43. The Morgan fingerprint density at radius 1 is 1.25 bits per heavy atom. The Morgan fingerprint density at radius 2 is 2.05 bits per heavy atom. The largest absolute Gasteiger partial charge is 0.382 e. The summed E-state index contributed by atoms with van der Waals surface area (Å²) in [5.41, 5.74) is 1.79. The van der Waals surface area contributed by atoms with Crippen LogP contribution in [0.2, 0.25) is 0 Å². The summed E-state index contributed by atoms with van der Waals surface area (Å²) in [4.78, 5) is 11.8. The smallest absolute Gasteiger partial charge is 0.251 e. The van der Waals surface area contributed by atoms with Gasteiger partial charge in [-0.3, -0.25) is 4.79 Å². The van der Waals surface area contributed by atoms with E-state index in [4.69, 9.17) is 0 Å². The molecule has 0 bridgehead atoms. The molecule has 1 aliphatic carbocycles. The van der Waals surface area contributed by atoms with E-state index >= 15 is 0 Å². The normalized spacial score (nSPS) is 26.1. The predicted molar refractivity (Wildman–Crippen MR) is 84.0 cm³/mol. The number of carbonyl (C=O) groups is 1. The maximum absolute atomic E-state index is 11.8. The molecule has 1 fully saturated rings. The van der Waals surface area contributed by atoms with Crippen LogP contribution < -0.4 is 10.6 Å². The summed E-state index contributed by atoms with van der Waals surface area (Å²) in [5.74, 6) is 1.60. The maximum atomic E-state index is 11.8. The summed E-state index contributed by atoms with van der Waals surface area (Å²) in [6.45, 7) is 7.28. The SMILES string of the molecule is CCNC(=O)c1cccc(NC2CCC(C)C(C)C2)c1. The van der Waals surface area contributed by atoms with Crippen molar-refractivity contribution < 1.29 is 4.79 Å². The molecule has 20 heavy (non-hydrogen) atoms. The van der Waals surface area contributed by atoms with Crippen molar-refractivity contribution in [2.75, 3.05) is 11.9 Å². The average molecular weight is 274 g/mol. The molecule has 3 unspecified atom stereocenters. The van der Waals surface area contributed by atoms with E-state index in [2.05, 4.69) is 24.5 Å². The molecule has 3 heteroatoms. The third-order valence-corrected chi connectivity index (χ3v) is 4.43. The molecule has 2 rings (SSSR count). The summed E-state index contributed by atoms with van der Waals surface area (Å²) < 4.78 is 0. The van der Waals surface area contributed by atoms with Gasteiger partial charge in [0.2, 0.25) is 0 Å². The van der Waals surface area contributed by atoms with Crippen LogP contribution in [0.25, 0.3) is 0 Å². The van der Waals surface area contributed by atoms with Crippen molar-refractivity contribution in [2.45, 2.75) is 46.1 Å². The minimum atomic E-state index is 0.00165. The zero-order valence-corrected chi connectivity index (χ0v) is 12.8. The lowest BCUT2D eigenvalue weighted by molar-refractivity contribution is 0.0956. The fraction of sp³-hybridized carbons (Fsp3) is 0.588. The molecule has 1 saturated carbocycles. The molecule has 0 aliphatic heterocycles. The molecule has 1 aromatic rings. The van der Waals surface area contributed by atoms with Crippen molar-refractivity contribution in [3.05, 3.63) is 29.8 Å². The van der Waals surface area contributed by atoms with Gasteiger partial charge in [-0.25, -0.2) is 0 Å². The lowest BCUT2D eigenvalue weighted by Crippen LogP contribution is -2.30.